The molecule has 2 aromatic carbocycles. The number of benzene rings is 2. The number of halogens is 3. The minimum atomic E-state index is -1.76. The van der Waals surface area contributed by atoms with E-state index in [0.717, 1.165) is 12.8 Å². The summed E-state index contributed by atoms with van der Waals surface area (Å²) in [5, 5.41) is 26.5. The lowest BCUT2D eigenvalue weighted by Gasteiger charge is -2.40. The molecule has 1 saturated carbocycles. The maximum atomic E-state index is 16.6. The first-order valence-corrected chi connectivity index (χ1v) is 14.1. The first-order valence-electron chi connectivity index (χ1n) is 13.3. The zero-order valence-electron chi connectivity index (χ0n) is 22.9. The van der Waals surface area contributed by atoms with Gasteiger partial charge < -0.3 is 14.9 Å². The third-order valence-corrected chi connectivity index (χ3v) is 8.65. The maximum Gasteiger partial charge on any atom is 0.257 e. The topological polar surface area (TPSA) is 114 Å². The molecule has 0 bridgehead atoms. The Kier molecular flexibility index (Phi) is 7.10. The summed E-state index contributed by atoms with van der Waals surface area (Å²) in [6, 6.07) is 9.34. The van der Waals surface area contributed by atoms with Crippen LogP contribution in [-0.4, -0.2) is 54.0 Å². The lowest BCUT2D eigenvalue weighted by Crippen LogP contribution is -2.48. The summed E-state index contributed by atoms with van der Waals surface area (Å²) in [7, 11) is 1.71. The van der Waals surface area contributed by atoms with E-state index in [-0.39, 0.29) is 42.3 Å². The van der Waals surface area contributed by atoms with Crippen molar-refractivity contribution in [2.45, 2.75) is 37.6 Å². The van der Waals surface area contributed by atoms with Crippen LogP contribution in [0.5, 0.6) is 0 Å². The highest BCUT2D eigenvalue weighted by Gasteiger charge is 2.57. The Morgan fingerprint density at radius 3 is 2.36 bits per heavy atom. The summed E-state index contributed by atoms with van der Waals surface area (Å²) in [5.41, 5.74) is -2.84. The van der Waals surface area contributed by atoms with Crippen LogP contribution in [0.2, 0.25) is 10.0 Å². The monoisotopic (exact) mass is 611 g/mol. The van der Waals surface area contributed by atoms with Gasteiger partial charge in [-0.1, -0.05) is 35.3 Å². The van der Waals surface area contributed by atoms with Crippen LogP contribution < -0.4 is 0 Å². The minimum absolute atomic E-state index is 0.0109. The van der Waals surface area contributed by atoms with Crippen LogP contribution in [-0.2, 0) is 29.7 Å². The van der Waals surface area contributed by atoms with Gasteiger partial charge in [0.25, 0.3) is 5.91 Å². The second-order valence-electron chi connectivity index (χ2n) is 11.2. The van der Waals surface area contributed by atoms with Crippen molar-refractivity contribution in [1.82, 2.24) is 24.6 Å². The van der Waals surface area contributed by atoms with E-state index in [9.17, 15) is 15.0 Å². The number of aliphatic hydroxyl groups is 2. The lowest BCUT2D eigenvalue weighted by molar-refractivity contribution is -0.131. The molecule has 42 heavy (non-hydrogen) atoms. The molecule has 3 heterocycles. The molecule has 1 amide bonds. The van der Waals surface area contributed by atoms with Gasteiger partial charge in [0, 0.05) is 47.2 Å². The molecule has 1 unspecified atom stereocenters. The van der Waals surface area contributed by atoms with Crippen LogP contribution in [0, 0.1) is 11.2 Å². The number of carbonyl (C=O) groups is 1. The van der Waals surface area contributed by atoms with Crippen molar-refractivity contribution in [2.24, 2.45) is 12.5 Å². The molecule has 0 radical (unpaired) electrons. The molecule has 2 N–H and O–H groups in total. The van der Waals surface area contributed by atoms with E-state index in [0.29, 0.717) is 21.2 Å². The summed E-state index contributed by atoms with van der Waals surface area (Å²) >= 11 is 12.2. The van der Waals surface area contributed by atoms with Gasteiger partial charge in [-0.15, -0.1) is 0 Å². The zero-order chi connectivity index (χ0) is 29.9. The Balaban J connectivity index is 1.56. The molecule has 2 aromatic heterocycles. The predicted molar refractivity (Wildman–Crippen MR) is 152 cm³/mol. The molecule has 1 fully saturated rings. The fourth-order valence-corrected chi connectivity index (χ4v) is 5.62. The smallest absolute Gasteiger partial charge is 0.257 e. The molecule has 1 aliphatic heterocycles. The van der Waals surface area contributed by atoms with Crippen LogP contribution in [0.25, 0.3) is 0 Å². The van der Waals surface area contributed by atoms with Gasteiger partial charge in [-0.05, 0) is 49.6 Å². The van der Waals surface area contributed by atoms with Crippen LogP contribution in [0.1, 0.15) is 58.2 Å². The lowest BCUT2D eigenvalue weighted by atomic mass is 9.85. The minimum Gasteiger partial charge on any atom is -0.396 e. The maximum absolute atomic E-state index is 16.6. The van der Waals surface area contributed by atoms with Gasteiger partial charge in [-0.2, -0.15) is 5.10 Å². The number of hydrogen-bond donors (Lipinski definition) is 2. The van der Waals surface area contributed by atoms with Crippen molar-refractivity contribution >= 4 is 29.1 Å². The fourth-order valence-electron chi connectivity index (χ4n) is 5.40. The standard InChI is InChI=1S/C30H28Cl2FN5O4/c1-28(41,20-11-36-37(2)14-20)19-9-23-26(24(33)10-19)30(18-3-5-21(31)6-4-18,42-17-29(16-39)7-8-29)38(27(23)40)15-25-34-12-22(32)13-35-25/h3-6,9-14,39,41H,7-8,15-17H2,1-2H3/t28?,30-/m1/s1. The van der Waals surface area contributed by atoms with Gasteiger partial charge in [-0.25, -0.2) is 14.4 Å². The highest BCUT2D eigenvalue weighted by Crippen LogP contribution is 2.52. The number of rotatable bonds is 9. The first-order chi connectivity index (χ1) is 20.0. The molecule has 0 saturated heterocycles. The van der Waals surface area contributed by atoms with Gasteiger partial charge in [0.1, 0.15) is 17.2 Å². The van der Waals surface area contributed by atoms with E-state index >= 15 is 4.39 Å². The van der Waals surface area contributed by atoms with Crippen LogP contribution in [0.3, 0.4) is 0 Å². The number of nitrogens with zero attached hydrogens (tertiary/aromatic N) is 5. The summed E-state index contributed by atoms with van der Waals surface area (Å²) in [6.45, 7) is 1.32. The number of amides is 1. The van der Waals surface area contributed by atoms with Gasteiger partial charge in [0.2, 0.25) is 0 Å². The van der Waals surface area contributed by atoms with Gasteiger partial charge in [-0.3, -0.25) is 14.4 Å². The van der Waals surface area contributed by atoms with E-state index in [1.807, 2.05) is 0 Å². The Morgan fingerprint density at radius 1 is 1.07 bits per heavy atom. The quantitative estimate of drug-likeness (QED) is 0.285. The summed E-state index contributed by atoms with van der Waals surface area (Å²) in [6.07, 6.45) is 7.41. The first kappa shape index (κ1) is 28.7. The number of fused-ring (bicyclic) bond motifs is 1. The molecule has 12 heteroatoms. The van der Waals surface area contributed by atoms with Crippen molar-refractivity contribution < 1.29 is 24.1 Å². The second kappa shape index (κ2) is 10.4. The molecule has 2 atom stereocenters. The number of carbonyl (C=O) groups excluding carboxylic acids is 1. The average Bonchev–Trinajstić information content (AvgIpc) is 3.55. The van der Waals surface area contributed by atoms with Crippen molar-refractivity contribution in [3.05, 3.63) is 111 Å². The molecule has 4 aromatic rings. The van der Waals surface area contributed by atoms with Gasteiger partial charge in [0.15, 0.2) is 5.72 Å². The summed E-state index contributed by atoms with van der Waals surface area (Å²) in [4.78, 5) is 24.3. The zero-order valence-corrected chi connectivity index (χ0v) is 24.4. The Morgan fingerprint density at radius 2 is 1.76 bits per heavy atom. The number of ether oxygens (including phenoxy) is 1. The van der Waals surface area contributed by atoms with E-state index in [4.69, 9.17) is 27.9 Å². The number of aryl methyl sites for hydroxylation is 1. The van der Waals surface area contributed by atoms with Crippen molar-refractivity contribution in [2.75, 3.05) is 13.2 Å². The summed E-state index contributed by atoms with van der Waals surface area (Å²) in [5.74, 6) is -1.04. The van der Waals surface area contributed by atoms with E-state index < -0.39 is 28.5 Å². The third-order valence-electron chi connectivity index (χ3n) is 8.20. The van der Waals surface area contributed by atoms with Crippen LogP contribution in [0.4, 0.5) is 4.39 Å². The van der Waals surface area contributed by atoms with Crippen LogP contribution in [0.15, 0.2) is 61.2 Å². The molecule has 218 valence electrons. The second-order valence-corrected chi connectivity index (χ2v) is 12.0. The normalized spacial score (nSPS) is 20.5. The molecule has 2 aliphatic rings. The number of aromatic nitrogens is 4. The van der Waals surface area contributed by atoms with Gasteiger partial charge >= 0.3 is 0 Å². The predicted octanol–water partition coefficient (Wildman–Crippen LogP) is 4.56. The van der Waals surface area contributed by atoms with Crippen LogP contribution >= 0.6 is 23.2 Å². The van der Waals surface area contributed by atoms with E-state index in [2.05, 4.69) is 15.1 Å². The molecular formula is C30H28Cl2FN5O4. The number of hydrogen-bond acceptors (Lipinski definition) is 7. The molecule has 0 spiro atoms. The number of aliphatic hydroxyl groups excluding tert-OH is 1. The van der Waals surface area contributed by atoms with E-state index in [1.165, 1.54) is 47.2 Å². The molecule has 9 nitrogen and oxygen atoms in total. The highest BCUT2D eigenvalue weighted by molar-refractivity contribution is 6.30. The third kappa shape index (κ3) is 4.77. The van der Waals surface area contributed by atoms with Crippen molar-refractivity contribution in [3.8, 4) is 0 Å². The SMILES string of the molecule is Cn1cc(C(C)(O)c2cc(F)c3c(c2)C(=O)N(Cc2ncc(Cl)cn2)[C@@]3(OCC2(CO)CC2)c2ccc(Cl)cc2)cn1. The van der Waals surface area contributed by atoms with E-state index in [1.54, 1.807) is 37.5 Å². The van der Waals surface area contributed by atoms with Crippen molar-refractivity contribution in [1.29, 1.82) is 0 Å². The Labute approximate surface area is 251 Å². The largest absolute Gasteiger partial charge is 0.396 e. The summed E-state index contributed by atoms with van der Waals surface area (Å²) < 4.78 is 24.8. The average molecular weight is 612 g/mol. The highest BCUT2D eigenvalue weighted by atomic mass is 35.5. The van der Waals surface area contributed by atoms with Gasteiger partial charge in [0.05, 0.1) is 42.1 Å². The molecule has 6 rings (SSSR count). The molecule has 1 aliphatic carbocycles. The Bertz CT molecular complexity index is 1660. The molecular weight excluding hydrogens is 584 g/mol. The van der Waals surface area contributed by atoms with Crippen molar-refractivity contribution in [3.63, 3.8) is 0 Å². The fraction of sp³-hybridized carbons (Fsp3) is 0.333. The Hall–Kier alpha value is -3.41.